The van der Waals surface area contributed by atoms with Gasteiger partial charge in [0.15, 0.2) is 0 Å². The van der Waals surface area contributed by atoms with Crippen LogP contribution in [0, 0.1) is 0 Å². The summed E-state index contributed by atoms with van der Waals surface area (Å²) in [6, 6.07) is 11.9. The molecule has 1 aromatic carbocycles. The molecule has 0 aliphatic heterocycles. The summed E-state index contributed by atoms with van der Waals surface area (Å²) in [5.41, 5.74) is 4.30. The summed E-state index contributed by atoms with van der Waals surface area (Å²) < 4.78 is 0. The molecule has 0 radical (unpaired) electrons. The SMILES string of the molecule is CC(C)(C)NC(=O)O/N=C1/c2ccccc2CCc2ncccc21. The summed E-state index contributed by atoms with van der Waals surface area (Å²) >= 11 is 0. The number of aromatic nitrogens is 1. The normalized spacial score (nSPS) is 15.2. The first-order chi connectivity index (χ1) is 11.4. The summed E-state index contributed by atoms with van der Waals surface area (Å²) in [6.07, 6.45) is 2.93. The van der Waals surface area contributed by atoms with E-state index in [1.54, 1.807) is 6.20 Å². The third-order valence-corrected chi connectivity index (χ3v) is 3.75. The first kappa shape index (κ1) is 16.2. The van der Waals surface area contributed by atoms with E-state index in [9.17, 15) is 4.79 Å². The topological polar surface area (TPSA) is 63.6 Å². The first-order valence-corrected chi connectivity index (χ1v) is 8.04. The van der Waals surface area contributed by atoms with Gasteiger partial charge >= 0.3 is 6.09 Å². The van der Waals surface area contributed by atoms with Gasteiger partial charge in [-0.25, -0.2) is 4.79 Å². The molecule has 0 unspecified atom stereocenters. The Morgan fingerprint density at radius 2 is 1.88 bits per heavy atom. The highest BCUT2D eigenvalue weighted by atomic mass is 16.7. The zero-order valence-electron chi connectivity index (χ0n) is 14.2. The zero-order valence-corrected chi connectivity index (χ0v) is 14.2. The third-order valence-electron chi connectivity index (χ3n) is 3.75. The van der Waals surface area contributed by atoms with Crippen molar-refractivity contribution in [1.82, 2.24) is 10.3 Å². The lowest BCUT2D eigenvalue weighted by Gasteiger charge is -2.18. The average molecular weight is 323 g/mol. The summed E-state index contributed by atoms with van der Waals surface area (Å²) in [7, 11) is 0. The van der Waals surface area contributed by atoms with Crippen molar-refractivity contribution in [3.8, 4) is 0 Å². The molecule has 2 aromatic rings. The van der Waals surface area contributed by atoms with Crippen LogP contribution in [-0.4, -0.2) is 22.3 Å². The lowest BCUT2D eigenvalue weighted by atomic mass is 10.00. The Morgan fingerprint density at radius 1 is 1.12 bits per heavy atom. The maximum atomic E-state index is 12.0. The number of nitrogens with one attached hydrogen (secondary N) is 1. The number of hydrogen-bond donors (Lipinski definition) is 1. The van der Waals surface area contributed by atoms with E-state index in [1.165, 1.54) is 5.56 Å². The third kappa shape index (κ3) is 3.62. The van der Waals surface area contributed by atoms with Crippen molar-refractivity contribution in [2.45, 2.75) is 39.2 Å². The monoisotopic (exact) mass is 323 g/mol. The van der Waals surface area contributed by atoms with Gasteiger partial charge in [0.2, 0.25) is 0 Å². The smallest absolute Gasteiger partial charge is 0.315 e. The van der Waals surface area contributed by atoms with E-state index in [0.29, 0.717) is 5.71 Å². The van der Waals surface area contributed by atoms with Crippen LogP contribution in [0.15, 0.2) is 47.8 Å². The number of rotatable bonds is 1. The molecule has 0 spiro atoms. The maximum absolute atomic E-state index is 12.0. The molecule has 1 aromatic heterocycles. The van der Waals surface area contributed by atoms with Crippen LogP contribution in [-0.2, 0) is 17.7 Å². The summed E-state index contributed by atoms with van der Waals surface area (Å²) in [5.74, 6) is 0. The highest BCUT2D eigenvalue weighted by molar-refractivity contribution is 6.14. The number of carbonyl (C=O) groups is 1. The predicted molar refractivity (Wildman–Crippen MR) is 93.1 cm³/mol. The minimum Gasteiger partial charge on any atom is -0.315 e. The number of fused-ring (bicyclic) bond motifs is 2. The minimum absolute atomic E-state index is 0.377. The largest absolute Gasteiger partial charge is 0.433 e. The molecule has 1 heterocycles. The van der Waals surface area contributed by atoms with Crippen LogP contribution in [0.3, 0.4) is 0 Å². The fourth-order valence-corrected chi connectivity index (χ4v) is 2.73. The number of hydrogen-bond acceptors (Lipinski definition) is 4. The number of nitrogens with zero attached hydrogens (tertiary/aromatic N) is 2. The lowest BCUT2D eigenvalue weighted by Crippen LogP contribution is -2.40. The molecule has 0 saturated carbocycles. The van der Waals surface area contributed by atoms with Crippen LogP contribution in [0.2, 0.25) is 0 Å². The Kier molecular flexibility index (Phi) is 4.34. The van der Waals surface area contributed by atoms with Crippen LogP contribution in [0.25, 0.3) is 0 Å². The van der Waals surface area contributed by atoms with E-state index < -0.39 is 6.09 Å². The molecule has 0 bridgehead atoms. The lowest BCUT2D eigenvalue weighted by molar-refractivity contribution is 0.142. The van der Waals surface area contributed by atoms with Gasteiger partial charge in [-0.05, 0) is 51.3 Å². The Labute approximate surface area is 141 Å². The van der Waals surface area contributed by atoms with Crippen molar-refractivity contribution in [1.29, 1.82) is 0 Å². The number of pyridine rings is 1. The Hall–Kier alpha value is -2.69. The van der Waals surface area contributed by atoms with Crippen molar-refractivity contribution >= 4 is 11.8 Å². The van der Waals surface area contributed by atoms with E-state index in [4.69, 9.17) is 4.84 Å². The van der Waals surface area contributed by atoms with Gasteiger partial charge in [0, 0.05) is 22.9 Å². The van der Waals surface area contributed by atoms with Gasteiger partial charge in [-0.3, -0.25) is 9.82 Å². The number of benzene rings is 1. The molecule has 124 valence electrons. The predicted octanol–water partition coefficient (Wildman–Crippen LogP) is 3.46. The van der Waals surface area contributed by atoms with Gasteiger partial charge in [0.1, 0.15) is 5.71 Å². The standard InChI is InChI=1S/C19H21N3O2/c1-19(2,3)21-18(23)24-22-17-14-8-5-4-7-13(14)10-11-16-15(17)9-6-12-20-16/h4-9,12H,10-11H2,1-3H3,(H,21,23)/b22-17-. The van der Waals surface area contributed by atoms with Crippen LogP contribution in [0.5, 0.6) is 0 Å². The van der Waals surface area contributed by atoms with E-state index in [2.05, 4.69) is 21.5 Å². The van der Waals surface area contributed by atoms with Crippen molar-refractivity contribution in [3.05, 3.63) is 65.0 Å². The molecule has 0 atom stereocenters. The number of oxime groups is 1. The molecule has 0 saturated heterocycles. The highest BCUT2D eigenvalue weighted by Crippen LogP contribution is 2.24. The second-order valence-corrected chi connectivity index (χ2v) is 6.85. The number of carbonyl (C=O) groups excluding carboxylic acids is 1. The Balaban J connectivity index is 1.99. The van der Waals surface area contributed by atoms with Crippen LogP contribution in [0.4, 0.5) is 4.79 Å². The molecule has 24 heavy (non-hydrogen) atoms. The zero-order chi connectivity index (χ0) is 17.2. The molecule has 3 rings (SSSR count). The molecule has 0 fully saturated rings. The van der Waals surface area contributed by atoms with Crippen molar-refractivity contribution in [3.63, 3.8) is 0 Å². The van der Waals surface area contributed by atoms with Gasteiger partial charge in [-0.15, -0.1) is 0 Å². The molecule has 5 heteroatoms. The molecule has 1 N–H and O–H groups in total. The quantitative estimate of drug-likeness (QED) is 0.646. The first-order valence-electron chi connectivity index (χ1n) is 8.04. The van der Waals surface area contributed by atoms with Crippen molar-refractivity contribution in [2.24, 2.45) is 5.16 Å². The van der Waals surface area contributed by atoms with Gasteiger partial charge in [0.05, 0.1) is 5.69 Å². The fourth-order valence-electron chi connectivity index (χ4n) is 2.73. The van der Waals surface area contributed by atoms with Gasteiger partial charge < -0.3 is 5.32 Å². The Morgan fingerprint density at radius 3 is 2.67 bits per heavy atom. The molecule has 1 aliphatic rings. The molecule has 5 nitrogen and oxygen atoms in total. The van der Waals surface area contributed by atoms with Gasteiger partial charge in [-0.1, -0.05) is 29.4 Å². The van der Waals surface area contributed by atoms with Crippen LogP contribution >= 0.6 is 0 Å². The summed E-state index contributed by atoms with van der Waals surface area (Å²) in [4.78, 5) is 21.6. The fraction of sp³-hybridized carbons (Fsp3) is 0.316. The second-order valence-electron chi connectivity index (χ2n) is 6.85. The van der Waals surface area contributed by atoms with Crippen molar-refractivity contribution < 1.29 is 9.63 Å². The molecular formula is C19H21N3O2. The van der Waals surface area contributed by atoms with E-state index >= 15 is 0 Å². The minimum atomic E-state index is -0.567. The van der Waals surface area contributed by atoms with Gasteiger partial charge in [-0.2, -0.15) is 0 Å². The van der Waals surface area contributed by atoms with E-state index in [0.717, 1.165) is 29.7 Å². The van der Waals surface area contributed by atoms with E-state index in [1.807, 2.05) is 51.1 Å². The number of amides is 1. The van der Waals surface area contributed by atoms with Crippen molar-refractivity contribution in [2.75, 3.05) is 0 Å². The number of aryl methyl sites for hydroxylation is 2. The van der Waals surface area contributed by atoms with Crippen LogP contribution < -0.4 is 5.32 Å². The molecule has 1 aliphatic carbocycles. The van der Waals surface area contributed by atoms with Crippen LogP contribution in [0.1, 0.15) is 43.2 Å². The van der Waals surface area contributed by atoms with E-state index in [-0.39, 0.29) is 5.54 Å². The second kappa shape index (κ2) is 6.43. The summed E-state index contributed by atoms with van der Waals surface area (Å²) in [5, 5.41) is 6.91. The van der Waals surface area contributed by atoms with Gasteiger partial charge in [0.25, 0.3) is 0 Å². The maximum Gasteiger partial charge on any atom is 0.433 e. The average Bonchev–Trinajstić information content (AvgIpc) is 2.68. The molecular weight excluding hydrogens is 302 g/mol. The molecule has 1 amide bonds. The summed E-state index contributed by atoms with van der Waals surface area (Å²) in [6.45, 7) is 5.67. The Bertz CT molecular complexity index is 742. The highest BCUT2D eigenvalue weighted by Gasteiger charge is 2.21.